The number of amides is 2. The first-order valence-corrected chi connectivity index (χ1v) is 4.95. The second kappa shape index (κ2) is 5.98. The predicted molar refractivity (Wildman–Crippen MR) is 59.8 cm³/mol. The first-order chi connectivity index (χ1) is 8.84. The number of hydrogen-bond acceptors (Lipinski definition) is 2. The Kier molecular flexibility index (Phi) is 4.62. The summed E-state index contributed by atoms with van der Waals surface area (Å²) >= 11 is 0. The topological polar surface area (TPSA) is 62.8 Å². The summed E-state index contributed by atoms with van der Waals surface area (Å²) in [4.78, 5) is 21.4. The van der Waals surface area contributed by atoms with Crippen molar-refractivity contribution in [3.8, 4) is 0 Å². The minimum absolute atomic E-state index is 0.165. The molecular weight excluding hydrogens is 265 g/mol. The zero-order valence-electron chi connectivity index (χ0n) is 9.72. The molecule has 0 heterocycles. The Balaban J connectivity index is 2.80. The van der Waals surface area contributed by atoms with Crippen LogP contribution in [0.2, 0.25) is 0 Å². The van der Waals surface area contributed by atoms with Gasteiger partial charge >= 0.3 is 12.5 Å². The third-order valence-electron chi connectivity index (χ3n) is 1.94. The Bertz CT molecular complexity index is 500. The van der Waals surface area contributed by atoms with Gasteiger partial charge in [0.1, 0.15) is 0 Å². The molecule has 0 unspecified atom stereocenters. The van der Waals surface area contributed by atoms with Crippen molar-refractivity contribution in [2.75, 3.05) is 7.05 Å². The fourth-order valence-corrected chi connectivity index (χ4v) is 1.09. The van der Waals surface area contributed by atoms with E-state index in [2.05, 4.69) is 9.84 Å². The molecule has 8 heteroatoms. The Morgan fingerprint density at radius 3 is 2.68 bits per heavy atom. The van der Waals surface area contributed by atoms with Gasteiger partial charge in [-0.25, -0.2) is 0 Å². The van der Waals surface area contributed by atoms with Crippen LogP contribution >= 0.6 is 0 Å². The van der Waals surface area contributed by atoms with Crippen LogP contribution in [0.1, 0.15) is 5.56 Å². The molecule has 1 rings (SSSR count). The first kappa shape index (κ1) is 14.7. The van der Waals surface area contributed by atoms with Gasteiger partial charge < -0.3 is 5.32 Å². The van der Waals surface area contributed by atoms with Gasteiger partial charge in [0, 0.05) is 7.05 Å². The van der Waals surface area contributed by atoms with Crippen LogP contribution in [0.4, 0.5) is 23.7 Å². The lowest BCUT2D eigenvalue weighted by atomic mass is 10.2. The normalized spacial score (nSPS) is 11.4. The van der Waals surface area contributed by atoms with Crippen molar-refractivity contribution >= 4 is 24.3 Å². The Morgan fingerprint density at radius 1 is 1.42 bits per heavy atom. The number of halogens is 3. The number of nitrogens with zero attached hydrogens (tertiary/aromatic N) is 2. The van der Waals surface area contributed by atoms with Crippen molar-refractivity contribution in [1.29, 1.82) is 0 Å². The lowest BCUT2D eigenvalue weighted by Crippen LogP contribution is -2.21. The lowest BCUT2D eigenvalue weighted by Gasteiger charge is -2.15. The van der Waals surface area contributed by atoms with E-state index in [9.17, 15) is 22.8 Å². The molecule has 19 heavy (non-hydrogen) atoms. The van der Waals surface area contributed by atoms with E-state index in [4.69, 9.17) is 0 Å². The summed E-state index contributed by atoms with van der Waals surface area (Å²) in [5.74, 6) is 0. The molecule has 1 aromatic rings. The van der Waals surface area contributed by atoms with Crippen LogP contribution in [-0.2, 0) is 15.5 Å². The average Bonchev–Trinajstić information content (AvgIpc) is 2.35. The van der Waals surface area contributed by atoms with Crippen LogP contribution in [0.15, 0.2) is 24.3 Å². The van der Waals surface area contributed by atoms with E-state index >= 15 is 0 Å². The van der Waals surface area contributed by atoms with Crippen molar-refractivity contribution in [2.45, 2.75) is 6.18 Å². The molecule has 2 amide bonds. The fourth-order valence-electron chi connectivity index (χ4n) is 1.09. The van der Waals surface area contributed by atoms with Crippen LogP contribution in [-0.4, -0.2) is 30.7 Å². The lowest BCUT2D eigenvalue weighted by molar-refractivity contribution is -0.607. The monoisotopic (exact) mass is 274 g/mol. The molecule has 0 bridgehead atoms. The molecule has 0 aliphatic carbocycles. The summed E-state index contributed by atoms with van der Waals surface area (Å²) in [6, 6.07) is 3.02. The van der Waals surface area contributed by atoms with Gasteiger partial charge in [-0.1, -0.05) is 23.3 Å². The smallest absolute Gasteiger partial charge is 0.394 e. The van der Waals surface area contributed by atoms with Crippen molar-refractivity contribution in [2.24, 2.45) is 0 Å². The van der Waals surface area contributed by atoms with Crippen molar-refractivity contribution in [3.63, 3.8) is 0 Å². The molecule has 0 radical (unpaired) electrons. The molecule has 0 saturated carbocycles. The van der Waals surface area contributed by atoms with Crippen molar-refractivity contribution in [3.05, 3.63) is 35.1 Å². The Labute approximate surface area is 106 Å². The molecule has 0 atom stereocenters. The van der Waals surface area contributed by atoms with E-state index in [1.807, 2.05) is 0 Å². The summed E-state index contributed by atoms with van der Waals surface area (Å²) in [6.45, 7) is 0. The van der Waals surface area contributed by atoms with Crippen LogP contribution in [0.25, 0.3) is 5.32 Å². The van der Waals surface area contributed by atoms with Gasteiger partial charge in [0.25, 0.3) is 0 Å². The Morgan fingerprint density at radius 2 is 2.11 bits per heavy atom. The van der Waals surface area contributed by atoms with Gasteiger partial charge in [-0.05, 0) is 11.8 Å². The maximum atomic E-state index is 12.4. The van der Waals surface area contributed by atoms with Gasteiger partial charge in [-0.3, -0.25) is 9.59 Å². The molecule has 5 nitrogen and oxygen atoms in total. The highest BCUT2D eigenvalue weighted by atomic mass is 19.4. The molecule has 1 aromatic carbocycles. The molecule has 0 N–H and O–H groups in total. The van der Waals surface area contributed by atoms with Crippen LogP contribution in [0.5, 0.6) is 0 Å². The average molecular weight is 274 g/mol. The zero-order valence-corrected chi connectivity index (χ0v) is 9.72. The minimum atomic E-state index is -4.51. The highest BCUT2D eigenvalue weighted by Crippen LogP contribution is 2.32. The van der Waals surface area contributed by atoms with E-state index < -0.39 is 17.8 Å². The fraction of sp³-hybridized carbons (Fsp3) is 0.182. The number of benzene rings is 1. The molecular formula is C11H9F3N2O3. The number of aldehydes is 2. The second-order valence-corrected chi connectivity index (χ2v) is 3.32. The number of alkyl halides is 3. The largest absolute Gasteiger partial charge is 0.416 e. The minimum Gasteiger partial charge on any atom is -0.394 e. The maximum Gasteiger partial charge on any atom is 0.416 e. The maximum absolute atomic E-state index is 12.4. The third kappa shape index (κ3) is 4.41. The quantitative estimate of drug-likeness (QED) is 0.368. The predicted octanol–water partition coefficient (Wildman–Crippen LogP) is 2.61. The number of carbonyl (C=O) groups is 2. The molecule has 0 aliphatic rings. The van der Waals surface area contributed by atoms with E-state index in [1.54, 1.807) is 0 Å². The highest BCUT2D eigenvalue weighted by Gasteiger charge is 2.30. The SMILES string of the molecule is CN([O+]=CC=O)C(=O)[N-]c1cccc(C(F)(F)F)c1. The highest BCUT2D eigenvalue weighted by molar-refractivity contribution is 6.09. The zero-order chi connectivity index (χ0) is 14.5. The van der Waals surface area contributed by atoms with E-state index in [0.717, 1.165) is 18.2 Å². The summed E-state index contributed by atoms with van der Waals surface area (Å²) in [6.07, 6.45) is -3.52. The van der Waals surface area contributed by atoms with Gasteiger partial charge in [0.15, 0.2) is 0 Å². The standard InChI is InChI=1S/C11H9F3N2O3/c1-16(19-6-5-17)10(18)15-9-4-2-3-8(7-9)11(12,13)14/h2-7H,1H3. The van der Waals surface area contributed by atoms with E-state index in [0.29, 0.717) is 17.6 Å². The molecule has 0 fully saturated rings. The van der Waals surface area contributed by atoms with Crippen molar-refractivity contribution in [1.82, 2.24) is 5.06 Å². The summed E-state index contributed by atoms with van der Waals surface area (Å²) in [5.41, 5.74) is -1.08. The molecule has 0 aliphatic heterocycles. The third-order valence-corrected chi connectivity index (χ3v) is 1.94. The van der Waals surface area contributed by atoms with Gasteiger partial charge in [-0.15, -0.1) is 0 Å². The van der Waals surface area contributed by atoms with E-state index in [-0.39, 0.29) is 5.69 Å². The van der Waals surface area contributed by atoms with E-state index in [1.165, 1.54) is 13.1 Å². The van der Waals surface area contributed by atoms with Crippen molar-refractivity contribution < 1.29 is 27.3 Å². The van der Waals surface area contributed by atoms with Crippen LogP contribution in [0.3, 0.4) is 0 Å². The number of carbonyl (C=O) groups excluding carboxylic acids is 3. The molecule has 102 valence electrons. The van der Waals surface area contributed by atoms with Gasteiger partial charge in [0.2, 0.25) is 12.3 Å². The number of hydrogen-bond donors (Lipinski definition) is 0. The van der Waals surface area contributed by atoms with Gasteiger partial charge in [0.05, 0.1) is 5.56 Å². The number of rotatable bonds is 3. The summed E-state index contributed by atoms with van der Waals surface area (Å²) < 4.78 is 41.8. The van der Waals surface area contributed by atoms with Crippen LogP contribution < -0.4 is 0 Å². The molecule has 0 saturated heterocycles. The summed E-state index contributed by atoms with van der Waals surface area (Å²) in [7, 11) is 1.17. The second-order valence-electron chi connectivity index (χ2n) is 3.32. The van der Waals surface area contributed by atoms with Gasteiger partial charge in [-0.2, -0.15) is 17.7 Å². The first-order valence-electron chi connectivity index (χ1n) is 4.95. The summed E-state index contributed by atoms with van der Waals surface area (Å²) in [5, 5.41) is 4.02. The van der Waals surface area contributed by atoms with Crippen LogP contribution in [0, 0.1) is 0 Å². The molecule has 0 spiro atoms. The Hall–Kier alpha value is -2.38. The number of hydroxylamine groups is 2. The number of urea groups is 1. The molecule has 0 aromatic heterocycles.